The summed E-state index contributed by atoms with van der Waals surface area (Å²) >= 11 is 0. The zero-order valence-electron chi connectivity index (χ0n) is 7.15. The predicted octanol–water partition coefficient (Wildman–Crippen LogP) is 2.04. The normalized spacial score (nSPS) is 15.5. The standard InChI is InChI=1S/C9H11NO2/c1-8-6-4-3-5-7-10(8)9(11)12-2/h3-7H,1-2H3. The third-order valence-corrected chi connectivity index (χ3v) is 1.55. The van der Waals surface area contributed by atoms with Gasteiger partial charge in [0.1, 0.15) is 0 Å². The Balaban J connectivity index is 2.83. The van der Waals surface area contributed by atoms with Gasteiger partial charge in [-0.15, -0.1) is 0 Å². The first-order valence-corrected chi connectivity index (χ1v) is 3.64. The maximum absolute atomic E-state index is 11.1. The average molecular weight is 165 g/mol. The fourth-order valence-electron chi connectivity index (χ4n) is 0.896. The second-order valence-corrected chi connectivity index (χ2v) is 2.37. The van der Waals surface area contributed by atoms with Crippen LogP contribution in [0.15, 0.2) is 36.2 Å². The SMILES string of the molecule is COC(=O)N1C=CC=CC=C1C. The number of rotatable bonds is 0. The zero-order chi connectivity index (χ0) is 8.97. The van der Waals surface area contributed by atoms with Crippen LogP contribution in [0.25, 0.3) is 0 Å². The van der Waals surface area contributed by atoms with E-state index in [1.807, 2.05) is 25.2 Å². The molecule has 0 aromatic carbocycles. The smallest absolute Gasteiger partial charge is 0.417 e. The number of carbonyl (C=O) groups excluding carboxylic acids is 1. The molecular formula is C9H11NO2. The molecular weight excluding hydrogens is 154 g/mol. The summed E-state index contributed by atoms with van der Waals surface area (Å²) in [6.45, 7) is 1.84. The molecule has 12 heavy (non-hydrogen) atoms. The van der Waals surface area contributed by atoms with E-state index in [9.17, 15) is 4.79 Å². The molecule has 0 N–H and O–H groups in total. The number of nitrogens with zero attached hydrogens (tertiary/aromatic N) is 1. The van der Waals surface area contributed by atoms with Gasteiger partial charge in [-0.3, -0.25) is 4.90 Å². The van der Waals surface area contributed by atoms with Crippen LogP contribution in [0.3, 0.4) is 0 Å². The minimum atomic E-state index is -0.372. The first-order chi connectivity index (χ1) is 5.75. The summed E-state index contributed by atoms with van der Waals surface area (Å²) in [6, 6.07) is 0. The van der Waals surface area contributed by atoms with Gasteiger partial charge in [0.2, 0.25) is 0 Å². The highest BCUT2D eigenvalue weighted by Crippen LogP contribution is 2.09. The molecule has 1 aliphatic heterocycles. The highest BCUT2D eigenvalue weighted by atomic mass is 16.5. The van der Waals surface area contributed by atoms with E-state index in [0.29, 0.717) is 0 Å². The average Bonchev–Trinajstić information content (AvgIpc) is 2.28. The molecule has 0 unspecified atom stereocenters. The zero-order valence-corrected chi connectivity index (χ0v) is 7.15. The molecule has 64 valence electrons. The van der Waals surface area contributed by atoms with Crippen molar-refractivity contribution >= 4 is 6.09 Å². The maximum atomic E-state index is 11.1. The van der Waals surface area contributed by atoms with E-state index in [4.69, 9.17) is 0 Å². The molecule has 1 aliphatic rings. The Morgan fingerprint density at radius 1 is 1.42 bits per heavy atom. The van der Waals surface area contributed by atoms with Crippen LogP contribution in [0, 0.1) is 0 Å². The van der Waals surface area contributed by atoms with E-state index < -0.39 is 0 Å². The minimum Gasteiger partial charge on any atom is -0.452 e. The number of carbonyl (C=O) groups is 1. The van der Waals surface area contributed by atoms with Crippen molar-refractivity contribution in [1.82, 2.24) is 4.90 Å². The number of hydrogen-bond donors (Lipinski definition) is 0. The topological polar surface area (TPSA) is 29.5 Å². The van der Waals surface area contributed by atoms with Crippen molar-refractivity contribution in [1.29, 1.82) is 0 Å². The molecule has 1 amide bonds. The van der Waals surface area contributed by atoms with Gasteiger partial charge in [-0.05, 0) is 19.1 Å². The van der Waals surface area contributed by atoms with Gasteiger partial charge in [-0.2, -0.15) is 0 Å². The molecule has 1 heterocycles. The first kappa shape index (κ1) is 8.59. The summed E-state index contributed by atoms with van der Waals surface area (Å²) in [5.41, 5.74) is 0.840. The largest absolute Gasteiger partial charge is 0.452 e. The van der Waals surface area contributed by atoms with E-state index in [0.717, 1.165) is 5.70 Å². The number of ether oxygens (including phenoxy) is 1. The Bertz CT molecular complexity index is 264. The molecule has 0 atom stereocenters. The molecule has 1 rings (SSSR count). The highest BCUT2D eigenvalue weighted by Gasteiger charge is 2.11. The number of methoxy groups -OCH3 is 1. The van der Waals surface area contributed by atoms with Gasteiger partial charge < -0.3 is 4.74 Å². The van der Waals surface area contributed by atoms with Gasteiger partial charge in [-0.1, -0.05) is 12.2 Å². The van der Waals surface area contributed by atoms with E-state index in [2.05, 4.69) is 4.74 Å². The molecule has 0 saturated carbocycles. The Hall–Kier alpha value is -1.51. The van der Waals surface area contributed by atoms with Gasteiger partial charge >= 0.3 is 6.09 Å². The molecule has 0 spiro atoms. The lowest BCUT2D eigenvalue weighted by atomic mass is 10.4. The van der Waals surface area contributed by atoms with Gasteiger partial charge in [0.25, 0.3) is 0 Å². The Morgan fingerprint density at radius 3 is 2.83 bits per heavy atom. The fourth-order valence-corrected chi connectivity index (χ4v) is 0.896. The second-order valence-electron chi connectivity index (χ2n) is 2.37. The van der Waals surface area contributed by atoms with Crippen LogP contribution in [0.5, 0.6) is 0 Å². The van der Waals surface area contributed by atoms with Gasteiger partial charge in [0, 0.05) is 11.9 Å². The number of amides is 1. The Kier molecular flexibility index (Phi) is 2.69. The van der Waals surface area contributed by atoms with Crippen molar-refractivity contribution in [2.24, 2.45) is 0 Å². The molecule has 0 aliphatic carbocycles. The minimum absolute atomic E-state index is 0.372. The molecule has 0 bridgehead atoms. The Morgan fingerprint density at radius 2 is 2.17 bits per heavy atom. The van der Waals surface area contributed by atoms with Crippen molar-refractivity contribution in [3.05, 3.63) is 36.2 Å². The van der Waals surface area contributed by atoms with Crippen LogP contribution < -0.4 is 0 Å². The van der Waals surface area contributed by atoms with Gasteiger partial charge in [0.05, 0.1) is 7.11 Å². The van der Waals surface area contributed by atoms with Gasteiger partial charge in [0.15, 0.2) is 0 Å². The summed E-state index contributed by atoms with van der Waals surface area (Å²) in [7, 11) is 1.36. The molecule has 0 radical (unpaired) electrons. The molecule has 3 nitrogen and oxygen atoms in total. The summed E-state index contributed by atoms with van der Waals surface area (Å²) in [6.07, 6.45) is 8.65. The lowest BCUT2D eigenvalue weighted by molar-refractivity contribution is 0.149. The van der Waals surface area contributed by atoms with E-state index in [1.165, 1.54) is 12.0 Å². The summed E-state index contributed by atoms with van der Waals surface area (Å²) in [4.78, 5) is 12.6. The quantitative estimate of drug-likeness (QED) is 0.549. The lowest BCUT2D eigenvalue weighted by Gasteiger charge is -2.15. The molecule has 0 aromatic heterocycles. The third-order valence-electron chi connectivity index (χ3n) is 1.55. The van der Waals surface area contributed by atoms with E-state index in [1.54, 1.807) is 12.3 Å². The summed E-state index contributed by atoms with van der Waals surface area (Å²) in [5, 5.41) is 0. The Labute approximate surface area is 71.6 Å². The van der Waals surface area contributed by atoms with E-state index in [-0.39, 0.29) is 6.09 Å². The van der Waals surface area contributed by atoms with Crippen molar-refractivity contribution < 1.29 is 9.53 Å². The molecule has 0 aromatic rings. The molecule has 0 saturated heterocycles. The van der Waals surface area contributed by atoms with Crippen molar-refractivity contribution in [2.75, 3.05) is 7.11 Å². The van der Waals surface area contributed by atoms with Crippen LogP contribution in [0.2, 0.25) is 0 Å². The van der Waals surface area contributed by atoms with Crippen LogP contribution in [0.4, 0.5) is 4.79 Å². The lowest BCUT2D eigenvalue weighted by Crippen LogP contribution is -2.23. The van der Waals surface area contributed by atoms with Crippen LogP contribution >= 0.6 is 0 Å². The molecule has 0 fully saturated rings. The third kappa shape index (κ3) is 1.75. The number of allylic oxidation sites excluding steroid dienone is 5. The second kappa shape index (κ2) is 3.76. The number of hydrogen-bond acceptors (Lipinski definition) is 2. The highest BCUT2D eigenvalue weighted by molar-refractivity contribution is 5.71. The monoisotopic (exact) mass is 165 g/mol. The fraction of sp³-hybridized carbons (Fsp3) is 0.222. The first-order valence-electron chi connectivity index (χ1n) is 3.64. The summed E-state index contributed by atoms with van der Waals surface area (Å²) < 4.78 is 4.58. The van der Waals surface area contributed by atoms with Crippen molar-refractivity contribution in [3.63, 3.8) is 0 Å². The molecule has 3 heteroatoms. The summed E-state index contributed by atoms with van der Waals surface area (Å²) in [5.74, 6) is 0. The van der Waals surface area contributed by atoms with Crippen LogP contribution in [-0.4, -0.2) is 18.1 Å². The predicted molar refractivity (Wildman–Crippen MR) is 46.3 cm³/mol. The van der Waals surface area contributed by atoms with Gasteiger partial charge in [-0.25, -0.2) is 4.79 Å². The van der Waals surface area contributed by atoms with Crippen molar-refractivity contribution in [3.8, 4) is 0 Å². The van der Waals surface area contributed by atoms with E-state index >= 15 is 0 Å². The van der Waals surface area contributed by atoms with Crippen LogP contribution in [0.1, 0.15) is 6.92 Å². The van der Waals surface area contributed by atoms with Crippen LogP contribution in [-0.2, 0) is 4.74 Å². The van der Waals surface area contributed by atoms with Crippen molar-refractivity contribution in [2.45, 2.75) is 6.92 Å². The maximum Gasteiger partial charge on any atom is 0.417 e.